The summed E-state index contributed by atoms with van der Waals surface area (Å²) in [4.78, 5) is 21.4. The summed E-state index contributed by atoms with van der Waals surface area (Å²) >= 11 is 1.53. The minimum absolute atomic E-state index is 0.138. The molecule has 0 aliphatic heterocycles. The molecule has 0 fully saturated rings. The second kappa shape index (κ2) is 8.36. The van der Waals surface area contributed by atoms with Gasteiger partial charge < -0.3 is 5.32 Å². The van der Waals surface area contributed by atoms with Crippen LogP contribution < -0.4 is 5.32 Å². The van der Waals surface area contributed by atoms with Crippen LogP contribution in [0.4, 0.5) is 0 Å². The standard InChI is InChI=1S/C22H21N5OS/c1-3-20-18(12-25-27(20)17-6-4-15(2)5-7-17)22(28)24-13-21-26-19(14-29-21)16-8-10-23-11-9-16/h4-12,14H,3,13H2,1-2H3,(H,24,28). The van der Waals surface area contributed by atoms with Crippen molar-refractivity contribution in [2.75, 3.05) is 0 Å². The van der Waals surface area contributed by atoms with Gasteiger partial charge in [0.1, 0.15) is 5.01 Å². The molecule has 7 heteroatoms. The van der Waals surface area contributed by atoms with Crippen LogP contribution in [0.15, 0.2) is 60.4 Å². The Balaban J connectivity index is 1.48. The molecule has 6 nitrogen and oxygen atoms in total. The van der Waals surface area contributed by atoms with E-state index >= 15 is 0 Å². The molecule has 0 bridgehead atoms. The molecule has 1 amide bonds. The highest BCUT2D eigenvalue weighted by Crippen LogP contribution is 2.21. The summed E-state index contributed by atoms with van der Waals surface area (Å²) in [5.74, 6) is -0.138. The molecule has 0 radical (unpaired) electrons. The lowest BCUT2D eigenvalue weighted by Gasteiger charge is -2.08. The number of benzene rings is 1. The number of nitrogens with one attached hydrogen (secondary N) is 1. The van der Waals surface area contributed by atoms with Gasteiger partial charge in [0.25, 0.3) is 5.91 Å². The van der Waals surface area contributed by atoms with E-state index in [-0.39, 0.29) is 5.91 Å². The molecule has 3 aromatic heterocycles. The molecule has 1 N–H and O–H groups in total. The van der Waals surface area contributed by atoms with Crippen LogP contribution in [0.5, 0.6) is 0 Å². The SMILES string of the molecule is CCc1c(C(=O)NCc2nc(-c3ccncc3)cs2)cnn1-c1ccc(C)cc1. The smallest absolute Gasteiger partial charge is 0.255 e. The number of aromatic nitrogens is 4. The summed E-state index contributed by atoms with van der Waals surface area (Å²) in [7, 11) is 0. The van der Waals surface area contributed by atoms with E-state index < -0.39 is 0 Å². The van der Waals surface area contributed by atoms with Gasteiger partial charge >= 0.3 is 0 Å². The first-order chi connectivity index (χ1) is 14.2. The molecule has 146 valence electrons. The van der Waals surface area contributed by atoms with E-state index in [9.17, 15) is 4.79 Å². The van der Waals surface area contributed by atoms with Gasteiger partial charge in [0, 0.05) is 23.3 Å². The number of aryl methyl sites for hydroxylation is 1. The van der Waals surface area contributed by atoms with Crippen LogP contribution in [0.25, 0.3) is 16.9 Å². The van der Waals surface area contributed by atoms with E-state index in [2.05, 4.69) is 20.4 Å². The van der Waals surface area contributed by atoms with Gasteiger partial charge in [-0.2, -0.15) is 5.10 Å². The Hall–Kier alpha value is -3.32. The van der Waals surface area contributed by atoms with E-state index in [1.54, 1.807) is 18.6 Å². The molecule has 0 saturated carbocycles. The molecule has 4 aromatic rings. The van der Waals surface area contributed by atoms with Gasteiger partial charge in [-0.1, -0.05) is 24.6 Å². The fourth-order valence-corrected chi connectivity index (χ4v) is 3.85. The summed E-state index contributed by atoms with van der Waals surface area (Å²) in [5.41, 5.74) is 5.53. The van der Waals surface area contributed by atoms with Gasteiger partial charge in [0.05, 0.1) is 35.4 Å². The monoisotopic (exact) mass is 403 g/mol. The molecule has 0 saturated heterocycles. The predicted molar refractivity (Wildman–Crippen MR) is 114 cm³/mol. The molecule has 0 spiro atoms. The van der Waals surface area contributed by atoms with E-state index in [4.69, 9.17) is 0 Å². The van der Waals surface area contributed by atoms with Crippen LogP contribution in [0, 0.1) is 6.92 Å². The zero-order chi connectivity index (χ0) is 20.2. The van der Waals surface area contributed by atoms with Crippen LogP contribution in [0.3, 0.4) is 0 Å². The molecule has 0 aliphatic carbocycles. The highest BCUT2D eigenvalue weighted by atomic mass is 32.1. The first kappa shape index (κ1) is 19.0. The second-order valence-corrected chi connectivity index (χ2v) is 7.59. The lowest BCUT2D eigenvalue weighted by Crippen LogP contribution is -2.23. The van der Waals surface area contributed by atoms with Crippen molar-refractivity contribution in [2.45, 2.75) is 26.8 Å². The highest BCUT2D eigenvalue weighted by molar-refractivity contribution is 7.09. The highest BCUT2D eigenvalue weighted by Gasteiger charge is 2.17. The van der Waals surface area contributed by atoms with Crippen LogP contribution in [-0.2, 0) is 13.0 Å². The Morgan fingerprint density at radius 2 is 1.90 bits per heavy atom. The van der Waals surface area contributed by atoms with E-state index in [1.165, 1.54) is 16.9 Å². The van der Waals surface area contributed by atoms with Crippen molar-refractivity contribution >= 4 is 17.2 Å². The number of carbonyl (C=O) groups is 1. The van der Waals surface area contributed by atoms with E-state index in [0.717, 1.165) is 27.6 Å². The minimum atomic E-state index is -0.138. The van der Waals surface area contributed by atoms with E-state index in [0.29, 0.717) is 18.5 Å². The third kappa shape index (κ3) is 4.09. The lowest BCUT2D eigenvalue weighted by molar-refractivity contribution is 0.0950. The van der Waals surface area contributed by atoms with Gasteiger partial charge in [0.15, 0.2) is 0 Å². The topological polar surface area (TPSA) is 72.7 Å². The van der Waals surface area contributed by atoms with E-state index in [1.807, 2.05) is 60.3 Å². The fraction of sp³-hybridized carbons (Fsp3) is 0.182. The van der Waals surface area contributed by atoms with Crippen LogP contribution in [0.2, 0.25) is 0 Å². The molecule has 0 unspecified atom stereocenters. The third-order valence-electron chi connectivity index (χ3n) is 4.65. The molecule has 3 heterocycles. The van der Waals surface area contributed by atoms with Crippen molar-refractivity contribution < 1.29 is 4.79 Å². The molecular weight excluding hydrogens is 382 g/mol. The number of rotatable bonds is 6. The molecule has 0 atom stereocenters. The zero-order valence-electron chi connectivity index (χ0n) is 16.3. The quantitative estimate of drug-likeness (QED) is 0.524. The van der Waals surface area contributed by atoms with Crippen molar-refractivity contribution in [2.24, 2.45) is 0 Å². The van der Waals surface area contributed by atoms with Gasteiger partial charge in [0.2, 0.25) is 0 Å². The number of hydrogen-bond donors (Lipinski definition) is 1. The van der Waals surface area contributed by atoms with Crippen LogP contribution in [-0.4, -0.2) is 25.7 Å². The Bertz CT molecular complexity index is 1120. The van der Waals surface area contributed by atoms with Gasteiger partial charge in [-0.15, -0.1) is 11.3 Å². The maximum atomic E-state index is 12.8. The second-order valence-electron chi connectivity index (χ2n) is 6.65. The van der Waals surface area contributed by atoms with Crippen molar-refractivity contribution in [3.8, 4) is 16.9 Å². The molecule has 1 aromatic carbocycles. The van der Waals surface area contributed by atoms with Crippen molar-refractivity contribution in [3.05, 3.63) is 82.2 Å². The first-order valence-electron chi connectivity index (χ1n) is 9.42. The number of carbonyl (C=O) groups excluding carboxylic acids is 1. The Labute approximate surface area is 173 Å². The summed E-state index contributed by atoms with van der Waals surface area (Å²) in [6, 6.07) is 12.0. The predicted octanol–water partition coefficient (Wildman–Crippen LogP) is 4.19. The van der Waals surface area contributed by atoms with Crippen molar-refractivity contribution in [3.63, 3.8) is 0 Å². The molecule has 4 rings (SSSR count). The molecule has 29 heavy (non-hydrogen) atoms. The number of hydrogen-bond acceptors (Lipinski definition) is 5. The number of nitrogens with zero attached hydrogens (tertiary/aromatic N) is 4. The van der Waals surface area contributed by atoms with Crippen LogP contribution in [0.1, 0.15) is 33.5 Å². The van der Waals surface area contributed by atoms with Crippen LogP contribution >= 0.6 is 11.3 Å². The molecule has 0 aliphatic rings. The maximum absolute atomic E-state index is 12.8. The zero-order valence-corrected chi connectivity index (χ0v) is 17.1. The van der Waals surface area contributed by atoms with Gasteiger partial charge in [-0.3, -0.25) is 9.78 Å². The Morgan fingerprint density at radius 3 is 2.62 bits per heavy atom. The summed E-state index contributed by atoms with van der Waals surface area (Å²) in [6.45, 7) is 4.46. The van der Waals surface area contributed by atoms with Crippen molar-refractivity contribution in [1.29, 1.82) is 0 Å². The third-order valence-corrected chi connectivity index (χ3v) is 5.50. The summed E-state index contributed by atoms with van der Waals surface area (Å²) in [6.07, 6.45) is 5.83. The minimum Gasteiger partial charge on any atom is -0.345 e. The Kier molecular flexibility index (Phi) is 5.48. The molecular formula is C22H21N5OS. The maximum Gasteiger partial charge on any atom is 0.255 e. The van der Waals surface area contributed by atoms with Gasteiger partial charge in [-0.25, -0.2) is 9.67 Å². The number of thiazole rings is 1. The van der Waals surface area contributed by atoms with Gasteiger partial charge in [-0.05, 0) is 37.6 Å². The summed E-state index contributed by atoms with van der Waals surface area (Å²) < 4.78 is 1.83. The lowest BCUT2D eigenvalue weighted by atomic mass is 10.1. The fourth-order valence-electron chi connectivity index (χ4n) is 3.11. The average molecular weight is 404 g/mol. The normalized spacial score (nSPS) is 10.8. The Morgan fingerprint density at radius 1 is 1.14 bits per heavy atom. The first-order valence-corrected chi connectivity index (χ1v) is 10.3. The number of amides is 1. The van der Waals surface area contributed by atoms with Crippen molar-refractivity contribution in [1.82, 2.24) is 25.1 Å². The largest absolute Gasteiger partial charge is 0.345 e. The summed E-state index contributed by atoms with van der Waals surface area (Å²) in [5, 5.41) is 10.3. The number of pyridine rings is 1. The average Bonchev–Trinajstić information content (AvgIpc) is 3.40.